The molecule has 3 saturated carbocycles. The molecule has 0 unspecified atom stereocenters. The Morgan fingerprint density at radius 2 is 1.67 bits per heavy atom. The van der Waals surface area contributed by atoms with Crippen LogP contribution in [0.4, 0.5) is 0 Å². The van der Waals surface area contributed by atoms with E-state index in [0.29, 0.717) is 11.2 Å². The Hall–Kier alpha value is -0.330. The molecule has 0 spiro atoms. The van der Waals surface area contributed by atoms with E-state index in [9.17, 15) is 4.79 Å². The number of Topliss-reactive ketones (excluding diaryl/α,β-unsaturated/α-hetero) is 1. The summed E-state index contributed by atoms with van der Waals surface area (Å²) in [5.74, 6) is 0.433. The van der Waals surface area contributed by atoms with Crippen molar-refractivity contribution in [3.8, 4) is 0 Å². The monoisotopic (exact) mass is 168 g/mol. The maximum absolute atomic E-state index is 11.1. The molecule has 0 aromatic rings. The molecule has 3 fully saturated rings. The summed E-state index contributed by atoms with van der Waals surface area (Å²) in [5, 5.41) is 0. The van der Waals surface area contributed by atoms with Gasteiger partial charge in [-0.3, -0.25) is 4.79 Å². The fraction of sp³-hybridized carbons (Fsp3) is 0.909. The van der Waals surface area contributed by atoms with E-state index in [0.717, 1.165) is 0 Å². The van der Waals surface area contributed by atoms with Gasteiger partial charge in [-0.05, 0) is 38.0 Å². The lowest BCUT2D eigenvalue weighted by atomic mass is 9.60. The van der Waals surface area contributed by atoms with Crippen molar-refractivity contribution in [3.05, 3.63) is 0 Å². The maximum Gasteiger partial charge on any atom is 0.136 e. The second-order valence-electron chi connectivity index (χ2n) is 4.50. The number of hydrogen-bond donors (Lipinski definition) is 0. The van der Waals surface area contributed by atoms with Crippen LogP contribution in [-0.4, -0.2) is 5.78 Å². The van der Waals surface area contributed by atoms with Gasteiger partial charge in [-0.1, -0.05) is 20.8 Å². The van der Waals surface area contributed by atoms with Crippen molar-refractivity contribution in [2.75, 3.05) is 0 Å². The quantitative estimate of drug-likeness (QED) is 0.587. The van der Waals surface area contributed by atoms with Crippen LogP contribution in [0.15, 0.2) is 0 Å². The number of carbonyl (C=O) groups excluding carboxylic acids is 1. The van der Waals surface area contributed by atoms with Crippen molar-refractivity contribution in [2.24, 2.45) is 10.8 Å². The van der Waals surface area contributed by atoms with E-state index in [1.165, 1.54) is 25.7 Å². The van der Waals surface area contributed by atoms with E-state index >= 15 is 0 Å². The molecule has 3 rings (SSSR count). The normalized spacial score (nSPS) is 42.7. The zero-order chi connectivity index (χ0) is 9.41. The van der Waals surface area contributed by atoms with Crippen molar-refractivity contribution in [3.63, 3.8) is 0 Å². The van der Waals surface area contributed by atoms with Gasteiger partial charge in [0.05, 0.1) is 0 Å². The summed E-state index contributed by atoms with van der Waals surface area (Å²) in [7, 11) is 0. The van der Waals surface area contributed by atoms with Gasteiger partial charge in [0.2, 0.25) is 0 Å². The summed E-state index contributed by atoms with van der Waals surface area (Å²) in [5.41, 5.74) is 0.723. The third kappa shape index (κ3) is 1.19. The van der Waals surface area contributed by atoms with Gasteiger partial charge in [0.25, 0.3) is 0 Å². The molecule has 0 heterocycles. The molecule has 12 heavy (non-hydrogen) atoms. The standard InChI is InChI=1S/C9H14O.C2H6/c1-7(10)9-4-3-8(2,5-9)6-9;1-2/h3-6H2,1-2H3;1-2H3. The Bertz CT molecular complexity index is 187. The van der Waals surface area contributed by atoms with Crippen molar-refractivity contribution in [2.45, 2.75) is 53.4 Å². The molecule has 70 valence electrons. The first-order valence-corrected chi connectivity index (χ1v) is 5.08. The minimum atomic E-state index is 0.161. The summed E-state index contributed by atoms with van der Waals surface area (Å²) in [6.07, 6.45) is 4.80. The lowest BCUT2D eigenvalue weighted by Crippen LogP contribution is -2.40. The lowest BCUT2D eigenvalue weighted by Gasteiger charge is -2.43. The summed E-state index contributed by atoms with van der Waals surface area (Å²) in [6.45, 7) is 8.06. The summed E-state index contributed by atoms with van der Waals surface area (Å²) >= 11 is 0. The van der Waals surface area contributed by atoms with Crippen molar-refractivity contribution in [1.82, 2.24) is 0 Å². The summed E-state index contributed by atoms with van der Waals surface area (Å²) < 4.78 is 0. The van der Waals surface area contributed by atoms with E-state index in [2.05, 4.69) is 6.92 Å². The second kappa shape index (κ2) is 2.86. The van der Waals surface area contributed by atoms with Gasteiger partial charge in [0, 0.05) is 5.41 Å². The third-order valence-corrected chi connectivity index (χ3v) is 3.48. The molecular formula is C11H20O. The zero-order valence-electron chi connectivity index (χ0n) is 8.74. The summed E-state index contributed by atoms with van der Waals surface area (Å²) in [6, 6.07) is 0. The summed E-state index contributed by atoms with van der Waals surface area (Å²) in [4.78, 5) is 11.1. The first-order chi connectivity index (χ1) is 5.56. The lowest BCUT2D eigenvalue weighted by molar-refractivity contribution is -0.132. The number of fused-ring (bicyclic) bond motifs is 1. The van der Waals surface area contributed by atoms with Crippen molar-refractivity contribution < 1.29 is 4.79 Å². The largest absolute Gasteiger partial charge is 0.299 e. The molecule has 0 saturated heterocycles. The van der Waals surface area contributed by atoms with Crippen LogP contribution in [0.3, 0.4) is 0 Å². The van der Waals surface area contributed by atoms with Gasteiger partial charge in [0.15, 0.2) is 0 Å². The fourth-order valence-corrected chi connectivity index (χ4v) is 2.90. The minimum Gasteiger partial charge on any atom is -0.299 e. The molecule has 1 nitrogen and oxygen atoms in total. The van der Waals surface area contributed by atoms with Crippen LogP contribution in [-0.2, 0) is 4.79 Å². The molecule has 3 aliphatic carbocycles. The predicted octanol–water partition coefficient (Wildman–Crippen LogP) is 3.18. The molecule has 0 atom stereocenters. The third-order valence-electron chi connectivity index (χ3n) is 3.48. The molecule has 0 radical (unpaired) electrons. The van der Waals surface area contributed by atoms with Gasteiger partial charge in [0.1, 0.15) is 5.78 Å². The second-order valence-corrected chi connectivity index (χ2v) is 4.50. The first-order valence-electron chi connectivity index (χ1n) is 5.08. The SMILES string of the molecule is CC.CC(=O)C12CCC(C)(C1)C2. The average Bonchev–Trinajstić information content (AvgIpc) is 2.46. The molecule has 0 aromatic heterocycles. The Balaban J connectivity index is 0.000000336. The number of ketones is 1. The van der Waals surface area contributed by atoms with Crippen LogP contribution in [0, 0.1) is 10.8 Å². The van der Waals surface area contributed by atoms with Crippen LogP contribution >= 0.6 is 0 Å². The highest BCUT2D eigenvalue weighted by Gasteiger charge is 2.60. The predicted molar refractivity (Wildman–Crippen MR) is 51.0 cm³/mol. The smallest absolute Gasteiger partial charge is 0.136 e. The van der Waals surface area contributed by atoms with Crippen LogP contribution in [0.5, 0.6) is 0 Å². The van der Waals surface area contributed by atoms with Gasteiger partial charge < -0.3 is 0 Å². The zero-order valence-corrected chi connectivity index (χ0v) is 8.74. The van der Waals surface area contributed by atoms with Crippen LogP contribution < -0.4 is 0 Å². The molecular weight excluding hydrogens is 148 g/mol. The number of hydrogen-bond acceptors (Lipinski definition) is 1. The highest BCUT2D eigenvalue weighted by molar-refractivity contribution is 5.84. The van der Waals surface area contributed by atoms with Crippen LogP contribution in [0.2, 0.25) is 0 Å². The minimum absolute atomic E-state index is 0.161. The highest BCUT2D eigenvalue weighted by atomic mass is 16.1. The Morgan fingerprint density at radius 1 is 1.17 bits per heavy atom. The van der Waals surface area contributed by atoms with Crippen LogP contribution in [0.1, 0.15) is 53.4 Å². The first kappa shape index (κ1) is 9.76. The van der Waals surface area contributed by atoms with E-state index in [1.807, 2.05) is 13.8 Å². The van der Waals surface area contributed by atoms with Gasteiger partial charge >= 0.3 is 0 Å². The Labute approximate surface area is 75.5 Å². The molecule has 0 N–H and O–H groups in total. The van der Waals surface area contributed by atoms with Gasteiger partial charge in [-0.2, -0.15) is 0 Å². The van der Waals surface area contributed by atoms with Crippen molar-refractivity contribution >= 4 is 5.78 Å². The van der Waals surface area contributed by atoms with Crippen LogP contribution in [0.25, 0.3) is 0 Å². The van der Waals surface area contributed by atoms with Gasteiger partial charge in [-0.15, -0.1) is 0 Å². The Morgan fingerprint density at radius 3 is 1.83 bits per heavy atom. The molecule has 3 aliphatic rings. The molecule has 2 bridgehead atoms. The van der Waals surface area contributed by atoms with E-state index in [1.54, 1.807) is 6.92 Å². The number of rotatable bonds is 1. The molecule has 0 amide bonds. The number of carbonyl (C=O) groups is 1. The van der Waals surface area contributed by atoms with E-state index in [4.69, 9.17) is 0 Å². The van der Waals surface area contributed by atoms with E-state index in [-0.39, 0.29) is 5.41 Å². The average molecular weight is 168 g/mol. The highest BCUT2D eigenvalue weighted by Crippen LogP contribution is 2.66. The molecule has 1 heteroatoms. The van der Waals surface area contributed by atoms with Gasteiger partial charge in [-0.25, -0.2) is 0 Å². The van der Waals surface area contributed by atoms with E-state index < -0.39 is 0 Å². The Kier molecular flexibility index (Phi) is 2.33. The molecule has 0 aromatic carbocycles. The topological polar surface area (TPSA) is 17.1 Å². The van der Waals surface area contributed by atoms with Crippen molar-refractivity contribution in [1.29, 1.82) is 0 Å². The maximum atomic E-state index is 11.1. The molecule has 0 aliphatic heterocycles. The fourth-order valence-electron chi connectivity index (χ4n) is 2.90.